The number of anilines is 2. The van der Waals surface area contributed by atoms with Crippen LogP contribution in [0.15, 0.2) is 6.08 Å². The Morgan fingerprint density at radius 2 is 2.35 bits per heavy atom. The van der Waals surface area contributed by atoms with Crippen LogP contribution in [-0.4, -0.2) is 34.7 Å². The van der Waals surface area contributed by atoms with Gasteiger partial charge in [-0.1, -0.05) is 6.08 Å². The van der Waals surface area contributed by atoms with E-state index >= 15 is 0 Å². The molecule has 126 valence electrons. The molecule has 6 nitrogen and oxygen atoms in total. The summed E-state index contributed by atoms with van der Waals surface area (Å²) in [6, 6.07) is 0.717. The number of aromatic nitrogens is 2. The number of carbonyl (C=O) groups excluding carboxylic acids is 1. The Morgan fingerprint density at radius 3 is 3.00 bits per heavy atom. The molecular formula is C17H26N4O2. The number of methoxy groups -OCH3 is 1. The molecule has 1 amide bonds. The lowest BCUT2D eigenvalue weighted by atomic mass is 9.93. The number of ether oxygens (including phenoxy) is 1. The average Bonchev–Trinajstić information content (AvgIpc) is 2.81. The van der Waals surface area contributed by atoms with E-state index in [0.29, 0.717) is 24.8 Å². The topological polar surface area (TPSA) is 68.2 Å². The fourth-order valence-corrected chi connectivity index (χ4v) is 2.94. The largest absolute Gasteiger partial charge is 0.382 e. The Morgan fingerprint density at radius 1 is 1.57 bits per heavy atom. The predicted octanol–water partition coefficient (Wildman–Crippen LogP) is 3.19. The summed E-state index contributed by atoms with van der Waals surface area (Å²) in [4.78, 5) is 16.9. The Labute approximate surface area is 137 Å². The Balaban J connectivity index is 1.76. The summed E-state index contributed by atoms with van der Waals surface area (Å²) in [7, 11) is 1.67. The number of nitrogens with one attached hydrogen (secondary N) is 2. The molecule has 2 N–H and O–H groups in total. The molecule has 2 atom stereocenters. The van der Waals surface area contributed by atoms with Crippen LogP contribution in [0, 0.1) is 0 Å². The third-order valence-corrected chi connectivity index (χ3v) is 4.72. The molecule has 23 heavy (non-hydrogen) atoms. The normalized spacial score (nSPS) is 21.3. The molecule has 2 heterocycles. The van der Waals surface area contributed by atoms with Crippen LogP contribution in [0.2, 0.25) is 0 Å². The Bertz CT molecular complexity index is 604. The van der Waals surface area contributed by atoms with Crippen molar-refractivity contribution >= 4 is 23.7 Å². The number of carbonyl (C=O) groups is 1. The number of rotatable bonds is 6. The molecule has 1 aromatic heterocycles. The maximum atomic E-state index is 12.2. The molecule has 1 fully saturated rings. The molecule has 0 radical (unpaired) electrons. The summed E-state index contributed by atoms with van der Waals surface area (Å²) in [6.45, 7) is 4.08. The third-order valence-electron chi connectivity index (χ3n) is 4.72. The monoisotopic (exact) mass is 318 g/mol. The third kappa shape index (κ3) is 3.42. The number of hydrogen-bond acceptors (Lipinski definition) is 4. The van der Waals surface area contributed by atoms with Gasteiger partial charge >= 0.3 is 0 Å². The van der Waals surface area contributed by atoms with Gasteiger partial charge < -0.3 is 10.1 Å². The van der Waals surface area contributed by atoms with E-state index in [2.05, 4.69) is 33.2 Å². The SMILES string of the molecule is COC(C)CCC(=O)Nc1nc2c(n1C1CCC1)NC(C)C=C2. The van der Waals surface area contributed by atoms with Crippen molar-refractivity contribution < 1.29 is 9.53 Å². The highest BCUT2D eigenvalue weighted by molar-refractivity contribution is 5.90. The van der Waals surface area contributed by atoms with Gasteiger partial charge in [0.1, 0.15) is 11.5 Å². The van der Waals surface area contributed by atoms with Gasteiger partial charge in [-0.05, 0) is 45.6 Å². The molecule has 6 heteroatoms. The quantitative estimate of drug-likeness (QED) is 0.845. The highest BCUT2D eigenvalue weighted by atomic mass is 16.5. The summed E-state index contributed by atoms with van der Waals surface area (Å²) < 4.78 is 7.37. The lowest BCUT2D eigenvalue weighted by Gasteiger charge is -2.31. The highest BCUT2D eigenvalue weighted by Crippen LogP contribution is 2.39. The van der Waals surface area contributed by atoms with Crippen LogP contribution in [0.25, 0.3) is 6.08 Å². The average molecular weight is 318 g/mol. The molecule has 0 bridgehead atoms. The van der Waals surface area contributed by atoms with Crippen molar-refractivity contribution in [2.75, 3.05) is 17.7 Å². The number of amides is 1. The molecule has 0 aromatic carbocycles. The summed E-state index contributed by atoms with van der Waals surface area (Å²) in [5.41, 5.74) is 0.913. The van der Waals surface area contributed by atoms with Gasteiger partial charge in [-0.2, -0.15) is 0 Å². The summed E-state index contributed by atoms with van der Waals surface area (Å²) in [5.74, 6) is 1.69. The first-order chi connectivity index (χ1) is 11.1. The predicted molar refractivity (Wildman–Crippen MR) is 91.6 cm³/mol. The minimum atomic E-state index is -0.00570. The zero-order chi connectivity index (χ0) is 16.4. The second kappa shape index (κ2) is 6.74. The van der Waals surface area contributed by atoms with Crippen molar-refractivity contribution in [3.05, 3.63) is 11.8 Å². The van der Waals surface area contributed by atoms with E-state index in [1.165, 1.54) is 6.42 Å². The molecule has 0 saturated heterocycles. The summed E-state index contributed by atoms with van der Waals surface area (Å²) >= 11 is 0. The fraction of sp³-hybridized carbons (Fsp3) is 0.647. The smallest absolute Gasteiger partial charge is 0.226 e. The van der Waals surface area contributed by atoms with Crippen molar-refractivity contribution in [1.29, 1.82) is 0 Å². The summed E-state index contributed by atoms with van der Waals surface area (Å²) in [6.07, 6.45) is 8.89. The van der Waals surface area contributed by atoms with E-state index in [-0.39, 0.29) is 18.1 Å². The molecule has 1 aromatic rings. The van der Waals surface area contributed by atoms with Gasteiger partial charge in [0.05, 0.1) is 6.10 Å². The Kier molecular flexibility index (Phi) is 4.71. The van der Waals surface area contributed by atoms with Crippen LogP contribution < -0.4 is 10.6 Å². The van der Waals surface area contributed by atoms with Crippen LogP contribution in [-0.2, 0) is 9.53 Å². The van der Waals surface area contributed by atoms with Gasteiger partial charge in [-0.15, -0.1) is 0 Å². The number of nitrogens with zero attached hydrogens (tertiary/aromatic N) is 2. The lowest BCUT2D eigenvalue weighted by Crippen LogP contribution is -2.26. The number of imidazole rings is 1. The lowest BCUT2D eigenvalue weighted by molar-refractivity contribution is -0.116. The van der Waals surface area contributed by atoms with E-state index in [1.807, 2.05) is 13.0 Å². The van der Waals surface area contributed by atoms with Gasteiger partial charge in [0, 0.05) is 25.6 Å². The van der Waals surface area contributed by atoms with E-state index in [9.17, 15) is 4.79 Å². The maximum absolute atomic E-state index is 12.2. The molecular weight excluding hydrogens is 292 g/mol. The fourth-order valence-electron chi connectivity index (χ4n) is 2.94. The van der Waals surface area contributed by atoms with E-state index in [4.69, 9.17) is 4.74 Å². The van der Waals surface area contributed by atoms with E-state index in [0.717, 1.165) is 24.4 Å². The van der Waals surface area contributed by atoms with Crippen molar-refractivity contribution in [3.63, 3.8) is 0 Å². The molecule has 1 saturated carbocycles. The zero-order valence-corrected chi connectivity index (χ0v) is 14.1. The van der Waals surface area contributed by atoms with Crippen molar-refractivity contribution in [3.8, 4) is 0 Å². The van der Waals surface area contributed by atoms with Gasteiger partial charge in [0.2, 0.25) is 11.9 Å². The van der Waals surface area contributed by atoms with Crippen molar-refractivity contribution in [2.45, 2.75) is 64.1 Å². The van der Waals surface area contributed by atoms with Gasteiger partial charge in [0.15, 0.2) is 0 Å². The first kappa shape index (κ1) is 16.1. The van der Waals surface area contributed by atoms with Gasteiger partial charge in [-0.3, -0.25) is 14.7 Å². The van der Waals surface area contributed by atoms with E-state index in [1.54, 1.807) is 7.11 Å². The maximum Gasteiger partial charge on any atom is 0.226 e. The van der Waals surface area contributed by atoms with Crippen LogP contribution in [0.1, 0.15) is 57.7 Å². The summed E-state index contributed by atoms with van der Waals surface area (Å²) in [5, 5.41) is 6.47. The van der Waals surface area contributed by atoms with Crippen molar-refractivity contribution in [2.24, 2.45) is 0 Å². The Hall–Kier alpha value is -1.82. The van der Waals surface area contributed by atoms with Crippen LogP contribution >= 0.6 is 0 Å². The van der Waals surface area contributed by atoms with Crippen LogP contribution in [0.4, 0.5) is 11.8 Å². The number of fused-ring (bicyclic) bond motifs is 1. The van der Waals surface area contributed by atoms with E-state index < -0.39 is 0 Å². The molecule has 3 rings (SSSR count). The van der Waals surface area contributed by atoms with Crippen LogP contribution in [0.3, 0.4) is 0 Å². The van der Waals surface area contributed by atoms with Crippen molar-refractivity contribution in [1.82, 2.24) is 9.55 Å². The molecule has 2 aliphatic rings. The molecule has 1 aliphatic carbocycles. The zero-order valence-electron chi connectivity index (χ0n) is 14.1. The second-order valence-corrected chi connectivity index (χ2v) is 6.55. The highest BCUT2D eigenvalue weighted by Gasteiger charge is 2.29. The molecule has 1 aliphatic heterocycles. The number of hydrogen-bond donors (Lipinski definition) is 2. The van der Waals surface area contributed by atoms with Crippen LogP contribution in [0.5, 0.6) is 0 Å². The second-order valence-electron chi connectivity index (χ2n) is 6.55. The first-order valence-corrected chi connectivity index (χ1v) is 8.48. The molecule has 0 spiro atoms. The molecule has 2 unspecified atom stereocenters. The van der Waals surface area contributed by atoms with Gasteiger partial charge in [-0.25, -0.2) is 4.98 Å². The standard InChI is InChI=1S/C17H26N4O2/c1-11-7-9-14-16(18-11)21(13-5-4-6-13)17(19-14)20-15(22)10-8-12(2)23-3/h7,9,11-13,18H,4-6,8,10H2,1-3H3,(H,19,20,22). The minimum absolute atomic E-state index is 0.00570. The first-order valence-electron chi connectivity index (χ1n) is 8.48. The minimum Gasteiger partial charge on any atom is -0.382 e. The van der Waals surface area contributed by atoms with Gasteiger partial charge in [0.25, 0.3) is 0 Å².